The van der Waals surface area contributed by atoms with Gasteiger partial charge in [-0.3, -0.25) is 14.4 Å². The van der Waals surface area contributed by atoms with Crippen LogP contribution in [0.25, 0.3) is 0 Å². The molecular weight excluding hydrogens is 462 g/mol. The third-order valence-electron chi connectivity index (χ3n) is 5.25. The van der Waals surface area contributed by atoms with E-state index in [9.17, 15) is 18.5 Å². The van der Waals surface area contributed by atoms with Crippen LogP contribution in [0.2, 0.25) is 0 Å². The van der Waals surface area contributed by atoms with Gasteiger partial charge in [0.1, 0.15) is 5.82 Å². The number of nitro groups is 1. The van der Waals surface area contributed by atoms with Gasteiger partial charge in [-0.15, -0.1) is 16.8 Å². The highest BCUT2D eigenvalue weighted by molar-refractivity contribution is 7.99. The van der Waals surface area contributed by atoms with Gasteiger partial charge in [0.05, 0.1) is 20.4 Å². The highest BCUT2D eigenvalue weighted by atomic mass is 32.2. The van der Waals surface area contributed by atoms with Gasteiger partial charge in [0.15, 0.2) is 5.16 Å². The van der Waals surface area contributed by atoms with E-state index in [2.05, 4.69) is 16.8 Å². The van der Waals surface area contributed by atoms with Crippen LogP contribution >= 0.6 is 11.8 Å². The lowest BCUT2D eigenvalue weighted by Crippen LogP contribution is -2.30. The summed E-state index contributed by atoms with van der Waals surface area (Å²) in [7, 11) is -3.99. The number of aromatic nitrogens is 3. The fraction of sp³-hybridized carbons (Fsp3) is 0.273. The van der Waals surface area contributed by atoms with E-state index in [4.69, 9.17) is 0 Å². The van der Waals surface area contributed by atoms with Gasteiger partial charge in [-0.1, -0.05) is 24.3 Å². The van der Waals surface area contributed by atoms with Crippen LogP contribution in [-0.4, -0.2) is 34.7 Å². The average Bonchev–Trinajstić information content (AvgIpc) is 3.57. The van der Waals surface area contributed by atoms with E-state index in [1.165, 1.54) is 16.4 Å². The molecule has 3 aromatic rings. The second-order valence-corrected chi connectivity index (χ2v) is 10.4. The summed E-state index contributed by atoms with van der Waals surface area (Å²) in [5.74, 6) is 1.20. The molecule has 0 bridgehead atoms. The number of sulfonamides is 1. The summed E-state index contributed by atoms with van der Waals surface area (Å²) in [6.45, 7) is 6.16. The van der Waals surface area contributed by atoms with Crippen LogP contribution in [0, 0.1) is 10.1 Å². The number of nitro benzene ring substituents is 1. The summed E-state index contributed by atoms with van der Waals surface area (Å²) < 4.78 is 29.7. The van der Waals surface area contributed by atoms with Gasteiger partial charge in [0.2, 0.25) is 0 Å². The van der Waals surface area contributed by atoms with Crippen molar-refractivity contribution in [1.82, 2.24) is 14.8 Å². The maximum absolute atomic E-state index is 13.3. The zero-order valence-electron chi connectivity index (χ0n) is 18.0. The molecule has 33 heavy (non-hydrogen) atoms. The topological polar surface area (TPSA) is 111 Å². The second-order valence-electron chi connectivity index (χ2n) is 7.51. The minimum Gasteiger partial charge on any atom is -0.302 e. The van der Waals surface area contributed by atoms with Gasteiger partial charge < -0.3 is 4.57 Å². The average molecular weight is 486 g/mol. The van der Waals surface area contributed by atoms with Crippen LogP contribution in [0.1, 0.15) is 31.5 Å². The third-order valence-corrected chi connectivity index (χ3v) is 8.20. The molecular formula is C22H23N5O4S2. The molecule has 2 aromatic carbocycles. The van der Waals surface area contributed by atoms with E-state index in [0.29, 0.717) is 28.2 Å². The van der Waals surface area contributed by atoms with E-state index in [-0.39, 0.29) is 17.1 Å². The van der Waals surface area contributed by atoms with Crippen LogP contribution < -0.4 is 4.31 Å². The molecule has 0 radical (unpaired) electrons. The van der Waals surface area contributed by atoms with Crippen LogP contribution in [0.15, 0.2) is 76.1 Å². The Morgan fingerprint density at radius 1 is 1.24 bits per heavy atom. The van der Waals surface area contributed by atoms with Crippen molar-refractivity contribution in [2.45, 2.75) is 47.2 Å². The predicted molar refractivity (Wildman–Crippen MR) is 126 cm³/mol. The van der Waals surface area contributed by atoms with Crippen LogP contribution in [-0.2, 0) is 16.6 Å². The van der Waals surface area contributed by atoms with Crippen LogP contribution in [0.3, 0.4) is 0 Å². The molecule has 1 aliphatic rings. The number of benzene rings is 2. The van der Waals surface area contributed by atoms with Gasteiger partial charge >= 0.3 is 0 Å². The Balaban J connectivity index is 1.71. The van der Waals surface area contributed by atoms with E-state index in [0.717, 1.165) is 36.5 Å². The highest BCUT2D eigenvalue weighted by Crippen LogP contribution is 2.42. The molecule has 1 saturated carbocycles. The Morgan fingerprint density at radius 3 is 2.58 bits per heavy atom. The van der Waals surface area contributed by atoms with Crippen molar-refractivity contribution in [2.24, 2.45) is 0 Å². The molecule has 9 nitrogen and oxygen atoms in total. The van der Waals surface area contributed by atoms with Crippen molar-refractivity contribution in [3.8, 4) is 0 Å². The lowest BCUT2D eigenvalue weighted by molar-refractivity contribution is -0.388. The van der Waals surface area contributed by atoms with Gasteiger partial charge in [-0.05, 0) is 55.8 Å². The van der Waals surface area contributed by atoms with Crippen LogP contribution in [0.4, 0.5) is 11.4 Å². The summed E-state index contributed by atoms with van der Waals surface area (Å²) in [6.07, 6.45) is 3.82. The molecule has 0 spiro atoms. The predicted octanol–water partition coefficient (Wildman–Crippen LogP) is 4.62. The van der Waals surface area contributed by atoms with Crippen molar-refractivity contribution in [3.05, 3.63) is 77.1 Å². The van der Waals surface area contributed by atoms with Gasteiger partial charge in [-0.25, -0.2) is 8.42 Å². The van der Waals surface area contributed by atoms with E-state index in [1.54, 1.807) is 43.3 Å². The molecule has 11 heteroatoms. The molecule has 0 amide bonds. The van der Waals surface area contributed by atoms with E-state index >= 15 is 0 Å². The molecule has 0 N–H and O–H groups in total. The number of anilines is 1. The Kier molecular flexibility index (Phi) is 6.52. The fourth-order valence-electron chi connectivity index (χ4n) is 3.52. The summed E-state index contributed by atoms with van der Waals surface area (Å²) >= 11 is 1.10. The van der Waals surface area contributed by atoms with Gasteiger partial charge in [0.25, 0.3) is 15.7 Å². The molecule has 0 atom stereocenters. The quantitative estimate of drug-likeness (QED) is 0.234. The van der Waals surface area contributed by atoms with E-state index in [1.807, 2.05) is 4.57 Å². The number of hydrogen-bond acceptors (Lipinski definition) is 7. The molecule has 1 aromatic heterocycles. The number of hydrogen-bond donors (Lipinski definition) is 0. The standard InChI is InChI=1S/C22H23N5O4S2/c1-3-14-25-21(16-10-11-16)23-24-22(25)32-20-13-12-18(15-19(20)27(28)29)33(30,31)26(4-2)17-8-6-5-7-9-17/h3,5-9,12-13,15-16H,1,4,10-11,14H2,2H3. The van der Waals surface area contributed by atoms with Crippen molar-refractivity contribution in [3.63, 3.8) is 0 Å². The molecule has 0 aliphatic heterocycles. The van der Waals surface area contributed by atoms with Crippen molar-refractivity contribution < 1.29 is 13.3 Å². The second kappa shape index (κ2) is 9.36. The van der Waals surface area contributed by atoms with Gasteiger partial charge in [-0.2, -0.15) is 0 Å². The molecule has 1 fully saturated rings. The first-order valence-corrected chi connectivity index (χ1v) is 12.7. The minimum absolute atomic E-state index is 0.143. The number of para-hydroxylation sites is 1. The highest BCUT2D eigenvalue weighted by Gasteiger charge is 2.31. The van der Waals surface area contributed by atoms with E-state index < -0.39 is 14.9 Å². The summed E-state index contributed by atoms with van der Waals surface area (Å²) in [5, 5.41) is 20.9. The Labute approximate surface area is 196 Å². The molecule has 1 heterocycles. The largest absolute Gasteiger partial charge is 0.302 e. The molecule has 1 aliphatic carbocycles. The first kappa shape index (κ1) is 23.0. The maximum Gasteiger partial charge on any atom is 0.284 e. The third kappa shape index (κ3) is 4.64. The fourth-order valence-corrected chi connectivity index (χ4v) is 5.94. The summed E-state index contributed by atoms with van der Waals surface area (Å²) in [5.41, 5.74) is 0.192. The Hall–Kier alpha value is -3.18. The monoisotopic (exact) mass is 485 g/mol. The molecule has 0 saturated heterocycles. The lowest BCUT2D eigenvalue weighted by Gasteiger charge is -2.23. The van der Waals surface area contributed by atoms with Crippen molar-refractivity contribution in [2.75, 3.05) is 10.8 Å². The number of rotatable bonds is 10. The maximum atomic E-state index is 13.3. The lowest BCUT2D eigenvalue weighted by atomic mass is 10.3. The molecule has 172 valence electrons. The molecule has 4 rings (SSSR count). The van der Waals surface area contributed by atoms with Crippen molar-refractivity contribution in [1.29, 1.82) is 0 Å². The normalized spacial score (nSPS) is 13.6. The Morgan fingerprint density at radius 2 is 1.97 bits per heavy atom. The smallest absolute Gasteiger partial charge is 0.284 e. The minimum atomic E-state index is -3.99. The van der Waals surface area contributed by atoms with Crippen LogP contribution in [0.5, 0.6) is 0 Å². The number of nitrogens with zero attached hydrogens (tertiary/aromatic N) is 5. The SMILES string of the molecule is C=CCn1c(Sc2ccc(S(=O)(=O)N(CC)c3ccccc3)cc2[N+](=O)[O-])nnc1C1CC1. The Bertz CT molecular complexity index is 1290. The summed E-state index contributed by atoms with van der Waals surface area (Å²) in [6, 6.07) is 12.6. The zero-order chi connectivity index (χ0) is 23.6. The number of allylic oxidation sites excluding steroid dienone is 1. The molecule has 0 unspecified atom stereocenters. The first-order valence-electron chi connectivity index (χ1n) is 10.4. The van der Waals surface area contributed by atoms with Gasteiger partial charge in [0, 0.05) is 25.1 Å². The first-order chi connectivity index (χ1) is 15.9. The zero-order valence-corrected chi connectivity index (χ0v) is 19.6. The van der Waals surface area contributed by atoms with Crippen molar-refractivity contribution >= 4 is 33.2 Å². The summed E-state index contributed by atoms with van der Waals surface area (Å²) in [4.78, 5) is 11.4.